The Kier molecular flexibility index (Phi) is 6.99. The van der Waals surface area contributed by atoms with Gasteiger partial charge in [0.05, 0.1) is 11.4 Å². The molecule has 0 aromatic heterocycles. The predicted octanol–water partition coefficient (Wildman–Crippen LogP) is 2.79. The van der Waals surface area contributed by atoms with Crippen LogP contribution in [0.25, 0.3) is 0 Å². The van der Waals surface area contributed by atoms with Crippen molar-refractivity contribution in [1.82, 2.24) is 10.6 Å². The summed E-state index contributed by atoms with van der Waals surface area (Å²) in [6.07, 6.45) is 5.39. The molecule has 0 saturated heterocycles. The predicted molar refractivity (Wildman–Crippen MR) is 64.1 cm³/mol. The minimum atomic E-state index is 0.472. The number of hydrogen-bond donors (Lipinski definition) is 2. The Labute approximate surface area is 88.5 Å². The van der Waals surface area contributed by atoms with Crippen molar-refractivity contribution in [2.75, 3.05) is 6.54 Å². The molecule has 0 aromatic carbocycles. The number of likely N-dealkylation sites (N-methyl/N-ethyl adjacent to an activating group) is 1. The molecule has 2 nitrogen and oxygen atoms in total. The highest BCUT2D eigenvalue weighted by molar-refractivity contribution is 5.27. The van der Waals surface area contributed by atoms with E-state index in [1.165, 1.54) is 11.4 Å². The van der Waals surface area contributed by atoms with Crippen molar-refractivity contribution in [2.45, 2.75) is 47.1 Å². The summed E-state index contributed by atoms with van der Waals surface area (Å²) in [4.78, 5) is 0. The number of hydrogen-bond acceptors (Lipinski definition) is 2. The highest BCUT2D eigenvalue weighted by Gasteiger charge is 2.03. The summed E-state index contributed by atoms with van der Waals surface area (Å²) in [5, 5.41) is 6.80. The molecule has 0 spiro atoms. The molecule has 0 aliphatic carbocycles. The first-order valence-corrected chi connectivity index (χ1v) is 5.52. The van der Waals surface area contributed by atoms with E-state index in [0.717, 1.165) is 13.0 Å². The van der Waals surface area contributed by atoms with Gasteiger partial charge in [0.25, 0.3) is 0 Å². The highest BCUT2D eigenvalue weighted by Crippen LogP contribution is 2.05. The zero-order valence-electron chi connectivity index (χ0n) is 10.1. The Morgan fingerprint density at radius 1 is 1.21 bits per heavy atom. The lowest BCUT2D eigenvalue weighted by atomic mass is 10.2. The van der Waals surface area contributed by atoms with Gasteiger partial charge in [0.15, 0.2) is 0 Å². The van der Waals surface area contributed by atoms with Crippen LogP contribution in [0.4, 0.5) is 0 Å². The second-order valence-corrected chi connectivity index (χ2v) is 3.56. The molecule has 0 aliphatic heterocycles. The smallest absolute Gasteiger partial charge is 0.0531 e. The SMILES string of the molecule is C/C=C(NC(C)C)\C(=C/CC)NCC. The van der Waals surface area contributed by atoms with E-state index < -0.39 is 0 Å². The lowest BCUT2D eigenvalue weighted by molar-refractivity contribution is 0.657. The molecule has 0 atom stereocenters. The fourth-order valence-electron chi connectivity index (χ4n) is 1.30. The largest absolute Gasteiger partial charge is 0.384 e. The molecule has 0 aliphatic rings. The van der Waals surface area contributed by atoms with Crippen LogP contribution in [-0.2, 0) is 0 Å². The van der Waals surface area contributed by atoms with Gasteiger partial charge in [-0.3, -0.25) is 0 Å². The lowest BCUT2D eigenvalue weighted by Crippen LogP contribution is -2.28. The van der Waals surface area contributed by atoms with Gasteiger partial charge >= 0.3 is 0 Å². The van der Waals surface area contributed by atoms with Crippen LogP contribution in [0.3, 0.4) is 0 Å². The van der Waals surface area contributed by atoms with E-state index in [1.807, 2.05) is 0 Å². The maximum atomic E-state index is 3.43. The van der Waals surface area contributed by atoms with Crippen molar-refractivity contribution in [3.63, 3.8) is 0 Å². The number of rotatable bonds is 6. The van der Waals surface area contributed by atoms with Gasteiger partial charge in [-0.2, -0.15) is 0 Å². The molecule has 0 saturated carbocycles. The third kappa shape index (κ3) is 4.95. The van der Waals surface area contributed by atoms with Crippen molar-refractivity contribution in [2.24, 2.45) is 0 Å². The molecule has 2 heteroatoms. The second kappa shape index (κ2) is 7.48. The fraction of sp³-hybridized carbons (Fsp3) is 0.667. The standard InChI is InChI=1S/C12H24N2/c1-6-9-12(13-8-3)11(7-2)14-10(4)5/h7,9-10,13-14H,6,8H2,1-5H3/b11-7+,12-9+. The molecule has 0 amide bonds. The Morgan fingerprint density at radius 2 is 1.86 bits per heavy atom. The monoisotopic (exact) mass is 196 g/mol. The molecule has 14 heavy (non-hydrogen) atoms. The van der Waals surface area contributed by atoms with Gasteiger partial charge in [0, 0.05) is 12.6 Å². The van der Waals surface area contributed by atoms with Gasteiger partial charge in [-0.05, 0) is 34.1 Å². The normalized spacial score (nSPS) is 13.3. The summed E-state index contributed by atoms with van der Waals surface area (Å²) in [5.41, 5.74) is 2.41. The van der Waals surface area contributed by atoms with Crippen LogP contribution >= 0.6 is 0 Å². The van der Waals surface area contributed by atoms with Gasteiger partial charge in [-0.25, -0.2) is 0 Å². The molecule has 0 aromatic rings. The van der Waals surface area contributed by atoms with E-state index in [1.54, 1.807) is 0 Å². The first-order chi connectivity index (χ1) is 6.65. The minimum Gasteiger partial charge on any atom is -0.384 e. The summed E-state index contributed by atoms with van der Waals surface area (Å²) in [6.45, 7) is 11.6. The molecular formula is C12H24N2. The van der Waals surface area contributed by atoms with Crippen molar-refractivity contribution >= 4 is 0 Å². The van der Waals surface area contributed by atoms with Crippen molar-refractivity contribution in [1.29, 1.82) is 0 Å². The molecule has 0 unspecified atom stereocenters. The Morgan fingerprint density at radius 3 is 2.21 bits per heavy atom. The Bertz CT molecular complexity index is 202. The molecule has 0 heterocycles. The van der Waals surface area contributed by atoms with Crippen LogP contribution in [-0.4, -0.2) is 12.6 Å². The second-order valence-electron chi connectivity index (χ2n) is 3.56. The fourth-order valence-corrected chi connectivity index (χ4v) is 1.30. The van der Waals surface area contributed by atoms with Gasteiger partial charge in [0.2, 0.25) is 0 Å². The molecule has 0 rings (SSSR count). The van der Waals surface area contributed by atoms with E-state index in [9.17, 15) is 0 Å². The van der Waals surface area contributed by atoms with Crippen molar-refractivity contribution in [3.05, 3.63) is 23.5 Å². The van der Waals surface area contributed by atoms with Gasteiger partial charge in [0.1, 0.15) is 0 Å². The molecule has 2 N–H and O–H groups in total. The zero-order chi connectivity index (χ0) is 11.0. The molecular weight excluding hydrogens is 172 g/mol. The summed E-state index contributed by atoms with van der Waals surface area (Å²) in [6, 6.07) is 0.472. The maximum Gasteiger partial charge on any atom is 0.0531 e. The Hall–Kier alpha value is -0.920. The van der Waals surface area contributed by atoms with Crippen LogP contribution in [0.5, 0.6) is 0 Å². The average molecular weight is 196 g/mol. The van der Waals surface area contributed by atoms with Gasteiger partial charge < -0.3 is 10.6 Å². The van der Waals surface area contributed by atoms with E-state index in [-0.39, 0.29) is 0 Å². The van der Waals surface area contributed by atoms with Gasteiger partial charge in [-0.1, -0.05) is 19.1 Å². The highest BCUT2D eigenvalue weighted by atomic mass is 15.0. The first-order valence-electron chi connectivity index (χ1n) is 5.52. The van der Waals surface area contributed by atoms with Crippen LogP contribution in [0.2, 0.25) is 0 Å². The van der Waals surface area contributed by atoms with Crippen molar-refractivity contribution in [3.8, 4) is 0 Å². The quantitative estimate of drug-likeness (QED) is 0.638. The summed E-state index contributed by atoms with van der Waals surface area (Å²) in [7, 11) is 0. The molecule has 82 valence electrons. The third-order valence-electron chi connectivity index (χ3n) is 1.80. The topological polar surface area (TPSA) is 24.1 Å². The van der Waals surface area contributed by atoms with Gasteiger partial charge in [-0.15, -0.1) is 0 Å². The first kappa shape index (κ1) is 13.1. The minimum absolute atomic E-state index is 0.472. The lowest BCUT2D eigenvalue weighted by Gasteiger charge is -2.18. The van der Waals surface area contributed by atoms with E-state index >= 15 is 0 Å². The van der Waals surface area contributed by atoms with Crippen LogP contribution in [0.1, 0.15) is 41.0 Å². The average Bonchev–Trinajstić information content (AvgIpc) is 2.13. The summed E-state index contributed by atoms with van der Waals surface area (Å²) >= 11 is 0. The number of nitrogens with one attached hydrogen (secondary N) is 2. The van der Waals surface area contributed by atoms with Crippen LogP contribution < -0.4 is 10.6 Å². The summed E-state index contributed by atoms with van der Waals surface area (Å²) in [5.74, 6) is 0. The molecule has 0 fully saturated rings. The Balaban J connectivity index is 4.52. The van der Waals surface area contributed by atoms with E-state index in [2.05, 4.69) is 57.4 Å². The maximum absolute atomic E-state index is 3.43. The third-order valence-corrected chi connectivity index (χ3v) is 1.80. The molecule has 0 radical (unpaired) electrons. The van der Waals surface area contributed by atoms with E-state index in [0.29, 0.717) is 6.04 Å². The van der Waals surface area contributed by atoms with E-state index in [4.69, 9.17) is 0 Å². The summed E-state index contributed by atoms with van der Waals surface area (Å²) < 4.78 is 0. The van der Waals surface area contributed by atoms with Crippen LogP contribution in [0, 0.1) is 0 Å². The zero-order valence-corrected chi connectivity index (χ0v) is 10.1. The molecule has 0 bridgehead atoms. The van der Waals surface area contributed by atoms with Crippen molar-refractivity contribution < 1.29 is 0 Å². The number of allylic oxidation sites excluding steroid dienone is 2. The van der Waals surface area contributed by atoms with Crippen LogP contribution in [0.15, 0.2) is 23.5 Å².